The number of nitrogens with one attached hydrogen (secondary N) is 2. The van der Waals surface area contributed by atoms with Gasteiger partial charge >= 0.3 is 12.4 Å². The largest absolute Gasteiger partial charge is 0.416 e. The van der Waals surface area contributed by atoms with Crippen LogP contribution in [0.15, 0.2) is 48.5 Å². The molecule has 1 amide bonds. The van der Waals surface area contributed by atoms with Gasteiger partial charge in [0, 0.05) is 13.0 Å². The second kappa shape index (κ2) is 8.48. The van der Waals surface area contributed by atoms with E-state index >= 15 is 0 Å². The van der Waals surface area contributed by atoms with E-state index in [0.29, 0.717) is 25.1 Å². The number of halogens is 6. The van der Waals surface area contributed by atoms with E-state index in [1.165, 1.54) is 6.92 Å². The van der Waals surface area contributed by atoms with Crippen molar-refractivity contribution in [1.82, 2.24) is 10.6 Å². The van der Waals surface area contributed by atoms with E-state index in [-0.39, 0.29) is 41.5 Å². The Bertz CT molecular complexity index is 1120. The van der Waals surface area contributed by atoms with Crippen LogP contribution in [0.2, 0.25) is 0 Å². The highest BCUT2D eigenvalue weighted by Gasteiger charge is 2.66. The van der Waals surface area contributed by atoms with Crippen molar-refractivity contribution in [3.8, 4) is 0 Å². The van der Waals surface area contributed by atoms with Gasteiger partial charge in [-0.25, -0.2) is 0 Å². The van der Waals surface area contributed by atoms with Crippen LogP contribution in [0.5, 0.6) is 0 Å². The van der Waals surface area contributed by atoms with Crippen LogP contribution in [-0.4, -0.2) is 24.6 Å². The van der Waals surface area contributed by atoms with Crippen molar-refractivity contribution in [2.45, 2.75) is 55.7 Å². The second-order valence-corrected chi connectivity index (χ2v) is 10.1. The topological polar surface area (TPSA) is 50.4 Å². The first-order valence-corrected chi connectivity index (χ1v) is 11.9. The van der Waals surface area contributed by atoms with Gasteiger partial charge in [0.05, 0.1) is 34.9 Å². The fourth-order valence-corrected chi connectivity index (χ4v) is 5.94. The fraction of sp³-hybridized carbons (Fsp3) is 0.500. The predicted octanol–water partition coefficient (Wildman–Crippen LogP) is 5.59. The first-order valence-electron chi connectivity index (χ1n) is 11.9. The molecular formula is C26H26F6N2O2. The van der Waals surface area contributed by atoms with Crippen LogP contribution in [0.4, 0.5) is 26.3 Å². The van der Waals surface area contributed by atoms with Gasteiger partial charge in [0.15, 0.2) is 0 Å². The Labute approximate surface area is 204 Å². The smallest absolute Gasteiger partial charge is 0.372 e. The molecule has 1 aliphatic carbocycles. The summed E-state index contributed by atoms with van der Waals surface area (Å²) in [6.45, 7) is 2.02. The molecule has 1 spiro atoms. The molecule has 194 valence electrons. The number of amides is 1. The number of alkyl halides is 6. The maximum atomic E-state index is 13.3. The third kappa shape index (κ3) is 4.38. The Morgan fingerprint density at radius 3 is 2.19 bits per heavy atom. The zero-order valence-corrected chi connectivity index (χ0v) is 19.5. The Morgan fingerprint density at radius 1 is 1.00 bits per heavy atom. The van der Waals surface area contributed by atoms with Gasteiger partial charge in [0.25, 0.3) is 0 Å². The third-order valence-corrected chi connectivity index (χ3v) is 7.97. The van der Waals surface area contributed by atoms with Gasteiger partial charge in [-0.2, -0.15) is 26.3 Å². The number of carbonyl (C=O) groups is 1. The molecule has 2 N–H and O–H groups in total. The average Bonchev–Trinajstić information content (AvgIpc) is 3.57. The standard InChI is InChI=1S/C26H26F6N2O2/c1-15(16-9-18(25(27,28)29)11-19(10-16)26(30,31)32)36-14-24(17-5-3-2-4-6-17)21-12-20(21)23(13-33-24)8-7-22(35)34-23/h2-6,9-11,15,20-21,33H,7-8,12-14H2,1H3,(H,34,35)/t15-,20?,21?,23+,24-/m1/s1. The zero-order valence-electron chi connectivity index (χ0n) is 19.5. The van der Waals surface area contributed by atoms with E-state index in [1.54, 1.807) is 0 Å². The van der Waals surface area contributed by atoms with E-state index in [1.807, 2.05) is 30.3 Å². The number of hydrogen-bond acceptors (Lipinski definition) is 3. The number of rotatable bonds is 5. The fourth-order valence-electron chi connectivity index (χ4n) is 5.94. The molecule has 5 atom stereocenters. The van der Waals surface area contributed by atoms with Crippen LogP contribution >= 0.6 is 0 Å². The summed E-state index contributed by atoms with van der Waals surface area (Å²) in [4.78, 5) is 12.0. The van der Waals surface area contributed by atoms with Crippen molar-refractivity contribution < 1.29 is 35.9 Å². The van der Waals surface area contributed by atoms with Crippen LogP contribution in [0, 0.1) is 11.8 Å². The normalized spacial score (nSPS) is 30.7. The summed E-state index contributed by atoms with van der Waals surface area (Å²) < 4.78 is 86.1. The van der Waals surface area contributed by atoms with E-state index in [0.717, 1.165) is 18.4 Å². The average molecular weight is 512 g/mol. The Morgan fingerprint density at radius 2 is 1.64 bits per heavy atom. The second-order valence-electron chi connectivity index (χ2n) is 10.1. The van der Waals surface area contributed by atoms with Crippen molar-refractivity contribution in [2.75, 3.05) is 13.2 Å². The molecule has 1 saturated carbocycles. The van der Waals surface area contributed by atoms with E-state index in [9.17, 15) is 31.1 Å². The van der Waals surface area contributed by atoms with Crippen LogP contribution < -0.4 is 10.6 Å². The van der Waals surface area contributed by atoms with Gasteiger partial charge in [-0.05, 0) is 60.9 Å². The van der Waals surface area contributed by atoms with Gasteiger partial charge < -0.3 is 15.4 Å². The van der Waals surface area contributed by atoms with Gasteiger partial charge in [-0.15, -0.1) is 0 Å². The Kier molecular flexibility index (Phi) is 5.91. The highest BCUT2D eigenvalue weighted by atomic mass is 19.4. The lowest BCUT2D eigenvalue weighted by atomic mass is 9.76. The summed E-state index contributed by atoms with van der Waals surface area (Å²) in [5, 5.41) is 6.70. The lowest BCUT2D eigenvalue weighted by Gasteiger charge is -2.46. The van der Waals surface area contributed by atoms with Crippen molar-refractivity contribution >= 4 is 5.91 Å². The lowest BCUT2D eigenvalue weighted by Crippen LogP contribution is -2.63. The highest BCUT2D eigenvalue weighted by molar-refractivity contribution is 5.79. The minimum absolute atomic E-state index is 0.0181. The number of ether oxygens (including phenoxy) is 1. The molecule has 2 aromatic rings. The van der Waals surface area contributed by atoms with Crippen molar-refractivity contribution in [1.29, 1.82) is 0 Å². The minimum atomic E-state index is -4.92. The first-order chi connectivity index (χ1) is 16.8. The molecule has 0 radical (unpaired) electrons. The van der Waals surface area contributed by atoms with Gasteiger partial charge in [0.2, 0.25) is 5.91 Å². The first kappa shape index (κ1) is 25.1. The molecule has 3 aliphatic rings. The predicted molar refractivity (Wildman–Crippen MR) is 119 cm³/mol. The summed E-state index contributed by atoms with van der Waals surface area (Å²) in [5.41, 5.74) is -2.98. The molecule has 4 nitrogen and oxygen atoms in total. The number of hydrogen-bond donors (Lipinski definition) is 2. The summed E-state index contributed by atoms with van der Waals surface area (Å²) in [7, 11) is 0. The number of piperidine rings is 1. The molecule has 5 rings (SSSR count). The molecule has 0 bridgehead atoms. The highest BCUT2D eigenvalue weighted by Crippen LogP contribution is 2.60. The molecule has 3 fully saturated rings. The van der Waals surface area contributed by atoms with Gasteiger partial charge in [0.1, 0.15) is 0 Å². The molecule has 2 saturated heterocycles. The molecular weight excluding hydrogens is 486 g/mol. The van der Waals surface area contributed by atoms with Crippen LogP contribution in [0.1, 0.15) is 54.5 Å². The van der Waals surface area contributed by atoms with Crippen LogP contribution in [-0.2, 0) is 27.4 Å². The summed E-state index contributed by atoms with van der Waals surface area (Å²) in [6.07, 6.45) is -8.84. The zero-order chi connectivity index (χ0) is 25.9. The maximum absolute atomic E-state index is 13.3. The van der Waals surface area contributed by atoms with E-state index in [2.05, 4.69) is 10.6 Å². The number of carbonyl (C=O) groups excluding carboxylic acids is 1. The molecule has 2 heterocycles. The lowest BCUT2D eigenvalue weighted by molar-refractivity contribution is -0.143. The van der Waals surface area contributed by atoms with E-state index in [4.69, 9.17) is 4.74 Å². The number of fused-ring (bicyclic) bond motifs is 2. The van der Waals surface area contributed by atoms with E-state index < -0.39 is 35.1 Å². The monoisotopic (exact) mass is 512 g/mol. The molecule has 10 heteroatoms. The van der Waals surface area contributed by atoms with Crippen molar-refractivity contribution in [3.05, 3.63) is 70.8 Å². The van der Waals surface area contributed by atoms with Crippen LogP contribution in [0.25, 0.3) is 0 Å². The molecule has 36 heavy (non-hydrogen) atoms. The maximum Gasteiger partial charge on any atom is 0.416 e. The summed E-state index contributed by atoms with van der Waals surface area (Å²) in [6, 6.07) is 11.1. The molecule has 2 unspecified atom stereocenters. The van der Waals surface area contributed by atoms with Gasteiger partial charge in [-0.3, -0.25) is 4.79 Å². The van der Waals surface area contributed by atoms with Crippen molar-refractivity contribution in [2.24, 2.45) is 11.8 Å². The molecule has 2 aliphatic heterocycles. The Balaban J connectivity index is 1.42. The Hall–Kier alpha value is -2.59. The third-order valence-electron chi connectivity index (χ3n) is 7.97. The summed E-state index contributed by atoms with van der Waals surface area (Å²) >= 11 is 0. The summed E-state index contributed by atoms with van der Waals surface area (Å²) in [5.74, 6) is 0.339. The van der Waals surface area contributed by atoms with Gasteiger partial charge in [-0.1, -0.05) is 30.3 Å². The molecule has 2 aromatic carbocycles. The minimum Gasteiger partial charge on any atom is -0.372 e. The van der Waals surface area contributed by atoms with Crippen molar-refractivity contribution in [3.63, 3.8) is 0 Å². The van der Waals surface area contributed by atoms with Crippen LogP contribution in [0.3, 0.4) is 0 Å². The number of benzene rings is 2. The SMILES string of the molecule is C[C@@H](OC[C@]1(c2ccccc2)NC[C@@]2(CCC(=O)N2)C2CC21)c1cc(C(F)(F)F)cc(C(F)(F)F)c1. The quantitative estimate of drug-likeness (QED) is 0.514. The molecule has 0 aromatic heterocycles.